The molecule has 0 aromatic heterocycles. The van der Waals surface area contributed by atoms with Crippen molar-refractivity contribution in [1.29, 1.82) is 5.26 Å². The van der Waals surface area contributed by atoms with Crippen LogP contribution >= 0.6 is 0 Å². The van der Waals surface area contributed by atoms with Gasteiger partial charge in [-0.1, -0.05) is 24.3 Å². The molecule has 0 bridgehead atoms. The van der Waals surface area contributed by atoms with Crippen molar-refractivity contribution < 1.29 is 9.53 Å². The molecule has 5 heteroatoms. The van der Waals surface area contributed by atoms with Crippen molar-refractivity contribution in [3.63, 3.8) is 0 Å². The first kappa shape index (κ1) is 22.4. The van der Waals surface area contributed by atoms with Gasteiger partial charge in [-0.2, -0.15) is 5.26 Å². The molecule has 0 radical (unpaired) electrons. The first-order chi connectivity index (χ1) is 15.4. The van der Waals surface area contributed by atoms with Crippen LogP contribution in [-0.4, -0.2) is 44.2 Å². The van der Waals surface area contributed by atoms with E-state index in [1.54, 1.807) is 0 Å². The molecule has 2 aliphatic heterocycles. The number of nitriles is 1. The van der Waals surface area contributed by atoms with Crippen LogP contribution < -0.4 is 4.90 Å². The Morgan fingerprint density at radius 1 is 1.09 bits per heavy atom. The molecule has 0 saturated carbocycles. The number of piperidine rings is 1. The van der Waals surface area contributed by atoms with Crippen LogP contribution in [0.25, 0.3) is 0 Å². The lowest BCUT2D eigenvalue weighted by Crippen LogP contribution is -2.45. The van der Waals surface area contributed by atoms with Gasteiger partial charge in [0.25, 0.3) is 0 Å². The number of hydrogen-bond donors (Lipinski definition) is 0. The molecule has 0 unspecified atom stereocenters. The Hall–Kier alpha value is -2.84. The monoisotopic (exact) mass is 431 g/mol. The minimum absolute atomic E-state index is 0.0529. The summed E-state index contributed by atoms with van der Waals surface area (Å²) in [7, 11) is 1.48. The van der Waals surface area contributed by atoms with Crippen molar-refractivity contribution in [3.05, 3.63) is 63.7 Å². The summed E-state index contributed by atoms with van der Waals surface area (Å²) in [5.41, 5.74) is 8.53. The van der Waals surface area contributed by atoms with E-state index >= 15 is 0 Å². The SMILES string of the molecule is COC(=O)C1CCN(Cc2c(C)cc(C3CN(c4c(C)cccc4C#N)C3)cc2C)CC1. The van der Waals surface area contributed by atoms with Gasteiger partial charge in [-0.15, -0.1) is 0 Å². The normalized spacial score (nSPS) is 17.7. The number of carbonyl (C=O) groups excluding carboxylic acids is 1. The largest absolute Gasteiger partial charge is 0.469 e. The van der Waals surface area contributed by atoms with Gasteiger partial charge >= 0.3 is 5.97 Å². The first-order valence-electron chi connectivity index (χ1n) is 11.6. The first-order valence-corrected chi connectivity index (χ1v) is 11.6. The van der Waals surface area contributed by atoms with Crippen molar-refractivity contribution in [1.82, 2.24) is 4.90 Å². The van der Waals surface area contributed by atoms with Crippen LogP contribution in [0.2, 0.25) is 0 Å². The summed E-state index contributed by atoms with van der Waals surface area (Å²) in [6.45, 7) is 11.3. The summed E-state index contributed by atoms with van der Waals surface area (Å²) < 4.78 is 4.91. The van der Waals surface area contributed by atoms with E-state index in [2.05, 4.69) is 54.8 Å². The third kappa shape index (κ3) is 4.38. The lowest BCUT2D eigenvalue weighted by Gasteiger charge is -2.43. The van der Waals surface area contributed by atoms with Crippen molar-refractivity contribution in [2.24, 2.45) is 5.92 Å². The Kier molecular flexibility index (Phi) is 6.53. The predicted octanol–water partition coefficient (Wildman–Crippen LogP) is 4.47. The Balaban J connectivity index is 1.40. The van der Waals surface area contributed by atoms with Crippen LogP contribution in [0.5, 0.6) is 0 Å². The molecule has 2 aromatic rings. The Labute approximate surface area is 191 Å². The van der Waals surface area contributed by atoms with Gasteiger partial charge in [0.15, 0.2) is 0 Å². The van der Waals surface area contributed by atoms with Crippen molar-refractivity contribution in [2.75, 3.05) is 38.2 Å². The number of hydrogen-bond acceptors (Lipinski definition) is 5. The number of likely N-dealkylation sites (tertiary alicyclic amines) is 1. The highest BCUT2D eigenvalue weighted by atomic mass is 16.5. The molecule has 32 heavy (non-hydrogen) atoms. The molecule has 2 heterocycles. The van der Waals surface area contributed by atoms with Crippen LogP contribution in [0, 0.1) is 38.0 Å². The Bertz CT molecular complexity index is 1020. The summed E-state index contributed by atoms with van der Waals surface area (Å²) in [5.74, 6) is 0.490. The fourth-order valence-corrected chi connectivity index (χ4v) is 5.27. The number of methoxy groups -OCH3 is 1. The zero-order valence-electron chi connectivity index (χ0n) is 19.6. The highest BCUT2D eigenvalue weighted by Gasteiger charge is 2.31. The number of benzene rings is 2. The van der Waals surface area contributed by atoms with E-state index in [0.29, 0.717) is 5.92 Å². The molecule has 2 aliphatic rings. The summed E-state index contributed by atoms with van der Waals surface area (Å²) in [5, 5.41) is 9.48. The topological polar surface area (TPSA) is 56.6 Å². The highest BCUT2D eigenvalue weighted by Crippen LogP contribution is 2.36. The zero-order chi connectivity index (χ0) is 22.8. The molecule has 2 fully saturated rings. The summed E-state index contributed by atoms with van der Waals surface area (Å²) in [4.78, 5) is 16.6. The maximum absolute atomic E-state index is 11.8. The van der Waals surface area contributed by atoms with E-state index in [4.69, 9.17) is 4.74 Å². The van der Waals surface area contributed by atoms with Gasteiger partial charge in [0.05, 0.1) is 24.3 Å². The highest BCUT2D eigenvalue weighted by molar-refractivity contribution is 5.72. The number of anilines is 1. The molecular weight excluding hydrogens is 398 g/mol. The maximum Gasteiger partial charge on any atom is 0.308 e. The summed E-state index contributed by atoms with van der Waals surface area (Å²) in [6.07, 6.45) is 1.76. The second-order valence-corrected chi connectivity index (χ2v) is 9.39. The number of para-hydroxylation sites is 1. The third-order valence-electron chi connectivity index (χ3n) is 7.25. The molecule has 4 rings (SSSR count). The molecule has 0 atom stereocenters. The van der Waals surface area contributed by atoms with E-state index in [-0.39, 0.29) is 11.9 Å². The lowest BCUT2D eigenvalue weighted by atomic mass is 9.86. The predicted molar refractivity (Wildman–Crippen MR) is 127 cm³/mol. The standard InChI is InChI=1S/C27H33N3O2/c1-18-6-5-7-22(14-28)26(18)30-15-24(16-30)23-12-19(2)25(20(3)13-23)17-29-10-8-21(9-11-29)27(31)32-4/h5-7,12-13,21,24H,8-11,15-17H2,1-4H3. The second-order valence-electron chi connectivity index (χ2n) is 9.39. The van der Waals surface area contributed by atoms with E-state index in [0.717, 1.165) is 56.8 Å². The van der Waals surface area contributed by atoms with E-state index < -0.39 is 0 Å². The molecule has 0 amide bonds. The van der Waals surface area contributed by atoms with Crippen LogP contribution in [0.15, 0.2) is 30.3 Å². The molecule has 2 saturated heterocycles. The molecule has 0 aliphatic carbocycles. The molecule has 0 spiro atoms. The minimum atomic E-state index is -0.0662. The summed E-state index contributed by atoms with van der Waals surface area (Å²) in [6, 6.07) is 13.0. The molecule has 5 nitrogen and oxygen atoms in total. The number of carbonyl (C=O) groups is 1. The Morgan fingerprint density at radius 2 is 1.75 bits per heavy atom. The Morgan fingerprint density at radius 3 is 2.34 bits per heavy atom. The van der Waals surface area contributed by atoms with Gasteiger partial charge in [0.2, 0.25) is 0 Å². The quantitative estimate of drug-likeness (QED) is 0.654. The van der Waals surface area contributed by atoms with Crippen molar-refractivity contribution in [2.45, 2.75) is 46.1 Å². The lowest BCUT2D eigenvalue weighted by molar-refractivity contribution is -0.147. The number of aryl methyl sites for hydroxylation is 3. The molecule has 2 aromatic carbocycles. The average molecular weight is 432 g/mol. The van der Waals surface area contributed by atoms with Crippen molar-refractivity contribution >= 4 is 11.7 Å². The van der Waals surface area contributed by atoms with E-state index in [1.807, 2.05) is 12.1 Å². The fraction of sp³-hybridized carbons (Fsp3) is 0.481. The number of esters is 1. The van der Waals surface area contributed by atoms with E-state index in [1.165, 1.54) is 34.9 Å². The molecule has 0 N–H and O–H groups in total. The van der Waals surface area contributed by atoms with Gasteiger partial charge in [-0.05, 0) is 80.6 Å². The number of nitrogens with zero attached hydrogens (tertiary/aromatic N) is 3. The maximum atomic E-state index is 11.8. The zero-order valence-corrected chi connectivity index (χ0v) is 19.6. The van der Waals surface area contributed by atoms with E-state index in [9.17, 15) is 10.1 Å². The second kappa shape index (κ2) is 9.34. The third-order valence-corrected chi connectivity index (χ3v) is 7.25. The number of rotatable bonds is 5. The van der Waals surface area contributed by atoms with Crippen LogP contribution in [0.3, 0.4) is 0 Å². The van der Waals surface area contributed by atoms with Gasteiger partial charge in [-0.25, -0.2) is 0 Å². The number of ether oxygens (including phenoxy) is 1. The minimum Gasteiger partial charge on any atom is -0.469 e. The molecule has 168 valence electrons. The smallest absolute Gasteiger partial charge is 0.308 e. The van der Waals surface area contributed by atoms with Gasteiger partial charge in [0, 0.05) is 25.6 Å². The van der Waals surface area contributed by atoms with Crippen molar-refractivity contribution in [3.8, 4) is 6.07 Å². The van der Waals surface area contributed by atoms with Gasteiger partial charge < -0.3 is 9.64 Å². The van der Waals surface area contributed by atoms with Crippen LogP contribution in [0.4, 0.5) is 5.69 Å². The average Bonchev–Trinajstić information content (AvgIpc) is 2.76. The van der Waals surface area contributed by atoms with Gasteiger partial charge in [-0.3, -0.25) is 9.69 Å². The van der Waals surface area contributed by atoms with Gasteiger partial charge in [0.1, 0.15) is 6.07 Å². The fourth-order valence-electron chi connectivity index (χ4n) is 5.27. The van der Waals surface area contributed by atoms with Crippen LogP contribution in [0.1, 0.15) is 52.1 Å². The van der Waals surface area contributed by atoms with Crippen LogP contribution in [-0.2, 0) is 16.1 Å². The summed E-state index contributed by atoms with van der Waals surface area (Å²) >= 11 is 0. The molecular formula is C27H33N3O2.